The van der Waals surface area contributed by atoms with Gasteiger partial charge < -0.3 is 10.5 Å². The maximum atomic E-state index is 10.9. The average Bonchev–Trinajstić information content (AvgIpc) is 2.73. The molecule has 5 nitrogen and oxygen atoms in total. The highest BCUT2D eigenvalue weighted by molar-refractivity contribution is 6.30. The first-order chi connectivity index (χ1) is 8.56. The monoisotopic (exact) mass is 270 g/mol. The second kappa shape index (κ2) is 5.65. The fourth-order valence-corrected chi connectivity index (χ4v) is 2.33. The van der Waals surface area contributed by atoms with Gasteiger partial charge in [0.05, 0.1) is 23.2 Å². The number of hydrogen-bond donors (Lipinski definition) is 1. The first-order valence-electron chi connectivity index (χ1n) is 5.86. The number of nitro groups is 1. The summed E-state index contributed by atoms with van der Waals surface area (Å²) in [6, 6.07) is 4.80. The molecule has 0 saturated heterocycles. The predicted molar refractivity (Wildman–Crippen MR) is 68.5 cm³/mol. The van der Waals surface area contributed by atoms with E-state index in [0.717, 1.165) is 19.3 Å². The zero-order chi connectivity index (χ0) is 13.1. The van der Waals surface area contributed by atoms with Crippen LogP contribution in [-0.2, 0) is 11.3 Å². The minimum atomic E-state index is -0.440. The molecule has 1 saturated carbocycles. The average molecular weight is 271 g/mol. The molecular weight excluding hydrogens is 256 g/mol. The smallest absolute Gasteiger partial charge is 0.276 e. The van der Waals surface area contributed by atoms with E-state index in [2.05, 4.69) is 0 Å². The van der Waals surface area contributed by atoms with Crippen molar-refractivity contribution in [1.29, 1.82) is 0 Å². The zero-order valence-electron chi connectivity index (χ0n) is 9.84. The van der Waals surface area contributed by atoms with Crippen molar-refractivity contribution in [3.63, 3.8) is 0 Å². The lowest BCUT2D eigenvalue weighted by Crippen LogP contribution is -2.17. The molecule has 0 aromatic heterocycles. The van der Waals surface area contributed by atoms with Crippen molar-refractivity contribution in [1.82, 2.24) is 0 Å². The molecule has 1 aliphatic rings. The van der Waals surface area contributed by atoms with Gasteiger partial charge in [-0.2, -0.15) is 0 Å². The van der Waals surface area contributed by atoms with Gasteiger partial charge in [-0.1, -0.05) is 11.6 Å². The van der Waals surface area contributed by atoms with Gasteiger partial charge in [0.15, 0.2) is 0 Å². The van der Waals surface area contributed by atoms with E-state index in [1.807, 2.05) is 0 Å². The summed E-state index contributed by atoms with van der Waals surface area (Å²) >= 11 is 5.75. The summed E-state index contributed by atoms with van der Waals surface area (Å²) in [5, 5.41) is 11.2. The highest BCUT2D eigenvalue weighted by Crippen LogP contribution is 2.26. The highest BCUT2D eigenvalue weighted by atomic mass is 35.5. The van der Waals surface area contributed by atoms with Crippen LogP contribution in [0.4, 0.5) is 5.69 Å². The molecule has 1 aromatic rings. The van der Waals surface area contributed by atoms with Crippen molar-refractivity contribution in [2.75, 3.05) is 0 Å². The van der Waals surface area contributed by atoms with Crippen molar-refractivity contribution in [2.45, 2.75) is 38.0 Å². The Kier molecular flexibility index (Phi) is 4.16. The first-order valence-corrected chi connectivity index (χ1v) is 6.24. The van der Waals surface area contributed by atoms with Gasteiger partial charge in [0.25, 0.3) is 5.69 Å². The Hall–Kier alpha value is -1.17. The van der Waals surface area contributed by atoms with Gasteiger partial charge in [-0.15, -0.1) is 0 Å². The van der Waals surface area contributed by atoms with Crippen LogP contribution < -0.4 is 5.73 Å². The van der Waals surface area contributed by atoms with Gasteiger partial charge in [-0.3, -0.25) is 10.1 Å². The van der Waals surface area contributed by atoms with E-state index in [0.29, 0.717) is 10.6 Å². The number of hydrogen-bond acceptors (Lipinski definition) is 4. The second-order valence-corrected chi connectivity index (χ2v) is 4.97. The molecule has 2 atom stereocenters. The Bertz CT molecular complexity index is 453. The summed E-state index contributed by atoms with van der Waals surface area (Å²) in [6.45, 7) is 0.227. The molecule has 0 heterocycles. The molecule has 2 rings (SSSR count). The fraction of sp³-hybridized carbons (Fsp3) is 0.500. The predicted octanol–water partition coefficient (Wildman–Crippen LogP) is 2.64. The lowest BCUT2D eigenvalue weighted by atomic mass is 10.2. The van der Waals surface area contributed by atoms with E-state index >= 15 is 0 Å². The third kappa shape index (κ3) is 3.19. The van der Waals surface area contributed by atoms with E-state index in [1.165, 1.54) is 6.07 Å². The zero-order valence-corrected chi connectivity index (χ0v) is 10.6. The SMILES string of the molecule is NC1CCC(OCc2ccc(Cl)cc2[N+](=O)[O-])C1. The van der Waals surface area contributed by atoms with Crippen LogP contribution in [0.15, 0.2) is 18.2 Å². The molecule has 1 fully saturated rings. The van der Waals surface area contributed by atoms with Gasteiger partial charge in [-0.25, -0.2) is 0 Å². The molecule has 2 N–H and O–H groups in total. The number of nitro benzene ring substituents is 1. The van der Waals surface area contributed by atoms with Crippen LogP contribution in [0.2, 0.25) is 5.02 Å². The molecule has 0 radical (unpaired) electrons. The van der Waals surface area contributed by atoms with Crippen molar-refractivity contribution in [2.24, 2.45) is 5.73 Å². The lowest BCUT2D eigenvalue weighted by Gasteiger charge is -2.11. The first kappa shape index (κ1) is 13.3. The molecule has 0 aliphatic heterocycles. The van der Waals surface area contributed by atoms with Gasteiger partial charge in [0.2, 0.25) is 0 Å². The summed E-state index contributed by atoms with van der Waals surface area (Å²) in [7, 11) is 0. The highest BCUT2D eigenvalue weighted by Gasteiger charge is 2.23. The minimum Gasteiger partial charge on any atom is -0.373 e. The maximum Gasteiger partial charge on any atom is 0.276 e. The lowest BCUT2D eigenvalue weighted by molar-refractivity contribution is -0.386. The number of benzene rings is 1. The van der Waals surface area contributed by atoms with Crippen LogP contribution in [0.1, 0.15) is 24.8 Å². The summed E-state index contributed by atoms with van der Waals surface area (Å²) in [5.74, 6) is 0. The number of rotatable bonds is 4. The number of nitrogens with zero attached hydrogens (tertiary/aromatic N) is 1. The Morgan fingerprint density at radius 1 is 1.50 bits per heavy atom. The van der Waals surface area contributed by atoms with Crippen LogP contribution in [0.25, 0.3) is 0 Å². The topological polar surface area (TPSA) is 78.4 Å². The Balaban J connectivity index is 2.02. The number of nitrogens with two attached hydrogens (primary N) is 1. The fourth-order valence-electron chi connectivity index (χ4n) is 2.16. The molecule has 6 heteroatoms. The van der Waals surface area contributed by atoms with Crippen LogP contribution in [-0.4, -0.2) is 17.1 Å². The van der Waals surface area contributed by atoms with E-state index in [9.17, 15) is 10.1 Å². The molecule has 2 unspecified atom stereocenters. The Morgan fingerprint density at radius 2 is 2.28 bits per heavy atom. The van der Waals surface area contributed by atoms with Gasteiger partial charge in [0.1, 0.15) is 0 Å². The van der Waals surface area contributed by atoms with Crippen LogP contribution in [0.3, 0.4) is 0 Å². The number of ether oxygens (including phenoxy) is 1. The van der Waals surface area contributed by atoms with E-state index < -0.39 is 4.92 Å². The third-order valence-corrected chi connectivity index (χ3v) is 3.38. The third-order valence-electron chi connectivity index (χ3n) is 3.14. The molecule has 1 aliphatic carbocycles. The summed E-state index contributed by atoms with van der Waals surface area (Å²) in [5.41, 5.74) is 6.34. The summed E-state index contributed by atoms with van der Waals surface area (Å²) in [4.78, 5) is 10.5. The second-order valence-electron chi connectivity index (χ2n) is 4.54. The maximum absolute atomic E-state index is 10.9. The van der Waals surface area contributed by atoms with Crippen molar-refractivity contribution < 1.29 is 9.66 Å². The van der Waals surface area contributed by atoms with E-state index in [-0.39, 0.29) is 24.4 Å². The standard InChI is InChI=1S/C12H15ClN2O3/c13-9-2-1-8(12(5-9)15(16)17)7-18-11-4-3-10(14)6-11/h1-2,5,10-11H,3-4,6-7,14H2. The van der Waals surface area contributed by atoms with Crippen molar-refractivity contribution in [3.05, 3.63) is 38.9 Å². The molecule has 0 bridgehead atoms. The van der Waals surface area contributed by atoms with Crippen LogP contribution in [0, 0.1) is 10.1 Å². The Morgan fingerprint density at radius 3 is 2.89 bits per heavy atom. The molecule has 0 amide bonds. The molecule has 18 heavy (non-hydrogen) atoms. The van der Waals surface area contributed by atoms with Crippen LogP contribution in [0.5, 0.6) is 0 Å². The van der Waals surface area contributed by atoms with Gasteiger partial charge >= 0.3 is 0 Å². The molecular formula is C12H15ClN2O3. The number of halogens is 1. The van der Waals surface area contributed by atoms with E-state index in [1.54, 1.807) is 12.1 Å². The normalized spacial score (nSPS) is 23.2. The Labute approximate surface area is 110 Å². The quantitative estimate of drug-likeness (QED) is 0.674. The largest absolute Gasteiger partial charge is 0.373 e. The van der Waals surface area contributed by atoms with Crippen molar-refractivity contribution in [3.8, 4) is 0 Å². The van der Waals surface area contributed by atoms with Gasteiger partial charge in [-0.05, 0) is 31.4 Å². The summed E-state index contributed by atoms with van der Waals surface area (Å²) < 4.78 is 5.66. The van der Waals surface area contributed by atoms with E-state index in [4.69, 9.17) is 22.1 Å². The molecule has 1 aromatic carbocycles. The molecule has 98 valence electrons. The molecule has 0 spiro atoms. The minimum absolute atomic E-state index is 0.00444. The van der Waals surface area contributed by atoms with Gasteiger partial charge in [0, 0.05) is 17.1 Å². The van der Waals surface area contributed by atoms with Crippen molar-refractivity contribution >= 4 is 17.3 Å². The summed E-state index contributed by atoms with van der Waals surface area (Å²) in [6.07, 6.45) is 2.80. The van der Waals surface area contributed by atoms with Crippen LogP contribution >= 0.6 is 11.6 Å².